The molecule has 9 heteroatoms. The number of nitrogens with zero attached hydrogens (tertiary/aromatic N) is 2. The number of methoxy groups -OCH3 is 1. The van der Waals surface area contributed by atoms with Gasteiger partial charge in [-0.05, 0) is 61.2 Å². The number of amides is 1. The summed E-state index contributed by atoms with van der Waals surface area (Å²) in [5, 5.41) is 22.3. The van der Waals surface area contributed by atoms with E-state index in [4.69, 9.17) is 9.47 Å². The van der Waals surface area contributed by atoms with E-state index >= 15 is 0 Å². The minimum absolute atomic E-state index is 0.0553. The van der Waals surface area contributed by atoms with Crippen LogP contribution in [0, 0.1) is 17.0 Å². The van der Waals surface area contributed by atoms with Gasteiger partial charge in [-0.25, -0.2) is 0 Å². The Balaban J connectivity index is 2.05. The standard InChI is InChI=1S/C26H30N2O7/c1-4-5-15-35-21-12-9-19(16-17(21)2)24(29)22-23(18-7-10-20(11-8-18)28(32)33)27(13-6-14-34-3)26(31)25(22)30/h7-12,16,23,29H,4-6,13-15H2,1-3H3/b24-22+/t23-/m1/s1. The Morgan fingerprint density at radius 2 is 1.83 bits per heavy atom. The molecule has 0 radical (unpaired) electrons. The van der Waals surface area contributed by atoms with Gasteiger partial charge in [0, 0.05) is 38.0 Å². The van der Waals surface area contributed by atoms with Crippen LogP contribution in [0.5, 0.6) is 5.75 Å². The summed E-state index contributed by atoms with van der Waals surface area (Å²) in [6.07, 6.45) is 2.41. The summed E-state index contributed by atoms with van der Waals surface area (Å²) in [4.78, 5) is 38.0. The van der Waals surface area contributed by atoms with Crippen LogP contribution in [0.15, 0.2) is 48.0 Å². The number of aliphatic hydroxyl groups is 1. The second-order valence-corrected chi connectivity index (χ2v) is 8.37. The molecule has 0 bridgehead atoms. The second-order valence-electron chi connectivity index (χ2n) is 8.37. The molecule has 0 unspecified atom stereocenters. The van der Waals surface area contributed by atoms with E-state index in [0.29, 0.717) is 36.5 Å². The summed E-state index contributed by atoms with van der Waals surface area (Å²) in [6.45, 7) is 5.10. The second kappa shape index (κ2) is 11.6. The number of carbonyl (C=O) groups excluding carboxylic acids is 2. The van der Waals surface area contributed by atoms with Gasteiger partial charge in [-0.1, -0.05) is 13.3 Å². The van der Waals surface area contributed by atoms with E-state index in [0.717, 1.165) is 18.4 Å². The molecule has 0 spiro atoms. The fourth-order valence-corrected chi connectivity index (χ4v) is 4.06. The number of nitro groups is 1. The number of carbonyl (C=O) groups is 2. The van der Waals surface area contributed by atoms with Crippen LogP contribution >= 0.6 is 0 Å². The maximum atomic E-state index is 13.1. The molecular formula is C26H30N2O7. The van der Waals surface area contributed by atoms with Gasteiger partial charge < -0.3 is 19.5 Å². The molecule has 0 aromatic heterocycles. The molecule has 1 atom stereocenters. The molecule has 0 aliphatic carbocycles. The third-order valence-electron chi connectivity index (χ3n) is 5.91. The summed E-state index contributed by atoms with van der Waals surface area (Å²) >= 11 is 0. The first-order chi connectivity index (χ1) is 16.8. The van der Waals surface area contributed by atoms with Crippen molar-refractivity contribution in [2.45, 2.75) is 39.2 Å². The molecule has 1 saturated heterocycles. The van der Waals surface area contributed by atoms with Crippen LogP contribution in [0.2, 0.25) is 0 Å². The zero-order chi connectivity index (χ0) is 25.5. The number of ether oxygens (including phenoxy) is 2. The van der Waals surface area contributed by atoms with Gasteiger partial charge in [-0.3, -0.25) is 19.7 Å². The van der Waals surface area contributed by atoms with E-state index in [1.807, 2.05) is 6.92 Å². The number of aliphatic hydroxyl groups excluding tert-OH is 1. The van der Waals surface area contributed by atoms with Crippen molar-refractivity contribution >= 4 is 23.1 Å². The van der Waals surface area contributed by atoms with E-state index in [-0.39, 0.29) is 23.6 Å². The lowest BCUT2D eigenvalue weighted by Gasteiger charge is -2.25. The third-order valence-corrected chi connectivity index (χ3v) is 5.91. The first-order valence-electron chi connectivity index (χ1n) is 11.6. The van der Waals surface area contributed by atoms with Crippen molar-refractivity contribution in [2.24, 2.45) is 0 Å². The first kappa shape index (κ1) is 25.9. The van der Waals surface area contributed by atoms with Crippen LogP contribution in [0.25, 0.3) is 5.76 Å². The van der Waals surface area contributed by atoms with Gasteiger partial charge in [0.05, 0.1) is 23.1 Å². The molecule has 2 aromatic carbocycles. The molecule has 1 N–H and O–H groups in total. The molecule has 1 fully saturated rings. The smallest absolute Gasteiger partial charge is 0.295 e. The van der Waals surface area contributed by atoms with Crippen LogP contribution in [0.1, 0.15) is 48.9 Å². The van der Waals surface area contributed by atoms with Crippen molar-refractivity contribution < 1.29 is 29.1 Å². The Labute approximate surface area is 204 Å². The van der Waals surface area contributed by atoms with Crippen LogP contribution < -0.4 is 4.74 Å². The van der Waals surface area contributed by atoms with Gasteiger partial charge in [0.2, 0.25) is 0 Å². The zero-order valence-electron chi connectivity index (χ0n) is 20.2. The summed E-state index contributed by atoms with van der Waals surface area (Å²) < 4.78 is 10.9. The molecule has 1 heterocycles. The predicted octanol–water partition coefficient (Wildman–Crippen LogP) is 4.54. The highest BCUT2D eigenvalue weighted by Gasteiger charge is 2.45. The highest BCUT2D eigenvalue weighted by molar-refractivity contribution is 6.46. The number of hydrogen-bond acceptors (Lipinski definition) is 7. The number of ketones is 1. The minimum atomic E-state index is -0.881. The quantitative estimate of drug-likeness (QED) is 0.125. The number of benzene rings is 2. The number of rotatable bonds is 11. The minimum Gasteiger partial charge on any atom is -0.507 e. The lowest BCUT2D eigenvalue weighted by molar-refractivity contribution is -0.384. The lowest BCUT2D eigenvalue weighted by atomic mass is 9.94. The number of non-ortho nitro benzene ring substituents is 1. The highest BCUT2D eigenvalue weighted by atomic mass is 16.6. The molecule has 1 aliphatic rings. The molecule has 186 valence electrons. The van der Waals surface area contributed by atoms with Gasteiger partial charge in [-0.2, -0.15) is 0 Å². The van der Waals surface area contributed by atoms with E-state index in [9.17, 15) is 24.8 Å². The van der Waals surface area contributed by atoms with Crippen molar-refractivity contribution in [2.75, 3.05) is 26.9 Å². The summed E-state index contributed by atoms with van der Waals surface area (Å²) in [7, 11) is 1.54. The van der Waals surface area contributed by atoms with Crippen LogP contribution in [0.4, 0.5) is 5.69 Å². The number of Topliss-reactive ketones (excluding diaryl/α,β-unsaturated/α-hetero) is 1. The maximum absolute atomic E-state index is 13.1. The maximum Gasteiger partial charge on any atom is 0.295 e. The molecule has 1 amide bonds. The average Bonchev–Trinajstić information content (AvgIpc) is 3.10. The van der Waals surface area contributed by atoms with Crippen molar-refractivity contribution in [1.82, 2.24) is 4.90 Å². The summed E-state index contributed by atoms with van der Waals surface area (Å²) in [5.41, 5.74) is 1.49. The van der Waals surface area contributed by atoms with Gasteiger partial charge in [0.25, 0.3) is 17.4 Å². The fourth-order valence-electron chi connectivity index (χ4n) is 4.06. The van der Waals surface area contributed by atoms with E-state index in [2.05, 4.69) is 6.92 Å². The van der Waals surface area contributed by atoms with Crippen molar-refractivity contribution in [1.29, 1.82) is 0 Å². The first-order valence-corrected chi connectivity index (χ1v) is 11.6. The molecule has 35 heavy (non-hydrogen) atoms. The van der Waals surface area contributed by atoms with E-state index < -0.39 is 22.7 Å². The molecule has 9 nitrogen and oxygen atoms in total. The van der Waals surface area contributed by atoms with Crippen molar-refractivity contribution in [3.05, 3.63) is 74.8 Å². The van der Waals surface area contributed by atoms with Crippen LogP contribution in [0.3, 0.4) is 0 Å². The number of nitro benzene ring substituents is 1. The molecular weight excluding hydrogens is 452 g/mol. The Bertz CT molecular complexity index is 1130. The molecule has 3 rings (SSSR count). The molecule has 2 aromatic rings. The van der Waals surface area contributed by atoms with Gasteiger partial charge in [0.1, 0.15) is 11.5 Å². The topological polar surface area (TPSA) is 119 Å². The summed E-state index contributed by atoms with van der Waals surface area (Å²) in [6, 6.07) is 9.84. The van der Waals surface area contributed by atoms with Crippen LogP contribution in [-0.4, -0.2) is 53.5 Å². The zero-order valence-corrected chi connectivity index (χ0v) is 20.2. The van der Waals surface area contributed by atoms with Gasteiger partial charge >= 0.3 is 0 Å². The predicted molar refractivity (Wildman–Crippen MR) is 130 cm³/mol. The number of hydrogen-bond donors (Lipinski definition) is 1. The molecule has 0 saturated carbocycles. The summed E-state index contributed by atoms with van der Waals surface area (Å²) in [5.74, 6) is -1.16. The van der Waals surface area contributed by atoms with E-state index in [1.165, 1.54) is 29.2 Å². The Morgan fingerprint density at radius 1 is 1.11 bits per heavy atom. The van der Waals surface area contributed by atoms with Gasteiger partial charge in [0.15, 0.2) is 0 Å². The number of aryl methyl sites for hydroxylation is 1. The van der Waals surface area contributed by atoms with Gasteiger partial charge in [-0.15, -0.1) is 0 Å². The third kappa shape index (κ3) is 5.68. The Hall–Kier alpha value is -3.72. The SMILES string of the molecule is CCCCOc1ccc(/C(O)=C2\C(=O)C(=O)N(CCCOC)[C@@H]2c2ccc([N+](=O)[O-])cc2)cc1C. The number of unbranched alkanes of at least 4 members (excludes halogenated alkanes) is 1. The monoisotopic (exact) mass is 482 g/mol. The largest absolute Gasteiger partial charge is 0.507 e. The molecule has 1 aliphatic heterocycles. The number of likely N-dealkylation sites (tertiary alicyclic amines) is 1. The van der Waals surface area contributed by atoms with E-state index in [1.54, 1.807) is 25.3 Å². The Morgan fingerprint density at radius 3 is 2.43 bits per heavy atom. The Kier molecular flexibility index (Phi) is 8.59. The highest BCUT2D eigenvalue weighted by Crippen LogP contribution is 2.40. The van der Waals surface area contributed by atoms with Crippen molar-refractivity contribution in [3.8, 4) is 5.75 Å². The lowest BCUT2D eigenvalue weighted by Crippen LogP contribution is -2.31. The van der Waals surface area contributed by atoms with Crippen LogP contribution in [-0.2, 0) is 14.3 Å². The average molecular weight is 483 g/mol. The normalized spacial score (nSPS) is 17.1. The fraction of sp³-hybridized carbons (Fsp3) is 0.385. The van der Waals surface area contributed by atoms with Crippen molar-refractivity contribution in [3.63, 3.8) is 0 Å².